The molecule has 1 aromatic rings. The summed E-state index contributed by atoms with van der Waals surface area (Å²) < 4.78 is 0. The predicted molar refractivity (Wildman–Crippen MR) is 106 cm³/mol. The third-order valence-electron chi connectivity index (χ3n) is 5.82. The Hall–Kier alpha value is -1.35. The van der Waals surface area contributed by atoms with E-state index in [0.717, 1.165) is 39.0 Å². The second-order valence-corrected chi connectivity index (χ2v) is 7.33. The zero-order valence-electron chi connectivity index (χ0n) is 16.5. The van der Waals surface area contributed by atoms with Crippen molar-refractivity contribution in [3.8, 4) is 0 Å². The van der Waals surface area contributed by atoms with Crippen molar-refractivity contribution in [3.63, 3.8) is 0 Å². The minimum atomic E-state index is -0.326. The van der Waals surface area contributed by atoms with E-state index in [2.05, 4.69) is 49.9 Å². The molecule has 3 nitrogen and oxygen atoms in total. The quantitative estimate of drug-likeness (QED) is 0.617. The molecule has 1 saturated heterocycles. The third kappa shape index (κ3) is 4.84. The molecule has 0 bridgehead atoms. The number of benzene rings is 1. The van der Waals surface area contributed by atoms with Crippen LogP contribution in [0, 0.1) is 0 Å². The van der Waals surface area contributed by atoms with E-state index < -0.39 is 0 Å². The number of carbonyl (C=O) groups is 1. The number of hydrogen-bond donors (Lipinski definition) is 0. The monoisotopic (exact) mass is 344 g/mol. The number of unbranched alkanes of at least 4 members (excludes halogenated alkanes) is 3. The standard InChI is InChI=1S/C22H36N2O/c1-4-7-8-12-17-23-18-15-22(16-19-23,20-13-10-9-11-14-20)21(25)24(5-2)6-3/h9-11,13-14H,4-8,12,15-19H2,1-3H3. The summed E-state index contributed by atoms with van der Waals surface area (Å²) in [6.07, 6.45) is 7.13. The maximum absolute atomic E-state index is 13.4. The van der Waals surface area contributed by atoms with E-state index in [4.69, 9.17) is 0 Å². The van der Waals surface area contributed by atoms with Gasteiger partial charge in [-0.3, -0.25) is 4.79 Å². The van der Waals surface area contributed by atoms with Crippen molar-refractivity contribution < 1.29 is 4.79 Å². The molecule has 1 aromatic carbocycles. The molecule has 1 aliphatic rings. The van der Waals surface area contributed by atoms with E-state index in [9.17, 15) is 4.79 Å². The minimum Gasteiger partial charge on any atom is -0.342 e. The predicted octanol–water partition coefficient (Wildman–Crippen LogP) is 4.47. The third-order valence-corrected chi connectivity index (χ3v) is 5.82. The van der Waals surface area contributed by atoms with Crippen LogP contribution in [0.1, 0.15) is 64.9 Å². The summed E-state index contributed by atoms with van der Waals surface area (Å²) in [5.74, 6) is 0.328. The summed E-state index contributed by atoms with van der Waals surface area (Å²) in [5, 5.41) is 0. The number of nitrogens with zero attached hydrogens (tertiary/aromatic N) is 2. The van der Waals surface area contributed by atoms with Gasteiger partial charge in [0.15, 0.2) is 0 Å². The Morgan fingerprint density at radius 3 is 2.20 bits per heavy atom. The average molecular weight is 345 g/mol. The molecule has 0 spiro atoms. The van der Waals surface area contributed by atoms with Crippen LogP contribution in [0.4, 0.5) is 0 Å². The number of likely N-dealkylation sites (N-methyl/N-ethyl adjacent to an activating group) is 1. The molecule has 0 aromatic heterocycles. The number of likely N-dealkylation sites (tertiary alicyclic amines) is 1. The van der Waals surface area contributed by atoms with Gasteiger partial charge in [0.05, 0.1) is 5.41 Å². The zero-order chi connectivity index (χ0) is 18.1. The van der Waals surface area contributed by atoms with Gasteiger partial charge in [-0.15, -0.1) is 0 Å². The van der Waals surface area contributed by atoms with Crippen LogP contribution < -0.4 is 0 Å². The van der Waals surface area contributed by atoms with E-state index in [0.29, 0.717) is 5.91 Å². The molecule has 0 unspecified atom stereocenters. The van der Waals surface area contributed by atoms with Crippen LogP contribution in [0.15, 0.2) is 30.3 Å². The molecule has 0 saturated carbocycles. The van der Waals surface area contributed by atoms with Crippen molar-refractivity contribution in [1.29, 1.82) is 0 Å². The SMILES string of the molecule is CCCCCCN1CCC(C(=O)N(CC)CC)(c2ccccc2)CC1. The molecule has 3 heteroatoms. The second kappa shape index (κ2) is 9.96. The van der Waals surface area contributed by atoms with Crippen LogP contribution >= 0.6 is 0 Å². The van der Waals surface area contributed by atoms with Crippen LogP contribution in [0.25, 0.3) is 0 Å². The fourth-order valence-corrected chi connectivity index (χ4v) is 4.12. The fourth-order valence-electron chi connectivity index (χ4n) is 4.12. The highest BCUT2D eigenvalue weighted by molar-refractivity contribution is 5.88. The first-order chi connectivity index (χ1) is 12.2. The Balaban J connectivity index is 2.10. The molecule has 0 radical (unpaired) electrons. The van der Waals surface area contributed by atoms with Gasteiger partial charge in [0.2, 0.25) is 5.91 Å². The van der Waals surface area contributed by atoms with Crippen LogP contribution in [0.2, 0.25) is 0 Å². The van der Waals surface area contributed by atoms with Crippen molar-refractivity contribution in [2.75, 3.05) is 32.7 Å². The molecule has 0 N–H and O–H groups in total. The number of rotatable bonds is 9. The van der Waals surface area contributed by atoms with Gasteiger partial charge in [-0.2, -0.15) is 0 Å². The van der Waals surface area contributed by atoms with Crippen molar-refractivity contribution >= 4 is 5.91 Å². The lowest BCUT2D eigenvalue weighted by molar-refractivity contribution is -0.139. The first kappa shape index (κ1) is 20.0. The molecule has 1 aliphatic heterocycles. The maximum Gasteiger partial charge on any atom is 0.233 e. The van der Waals surface area contributed by atoms with Crippen molar-refractivity contribution in [2.24, 2.45) is 0 Å². The normalized spacial score (nSPS) is 17.4. The lowest BCUT2D eigenvalue weighted by Gasteiger charge is -2.43. The van der Waals surface area contributed by atoms with Gasteiger partial charge in [0, 0.05) is 13.1 Å². The second-order valence-electron chi connectivity index (χ2n) is 7.33. The molecule has 1 amide bonds. The zero-order valence-corrected chi connectivity index (χ0v) is 16.5. The Morgan fingerprint density at radius 2 is 1.64 bits per heavy atom. The Morgan fingerprint density at radius 1 is 1.00 bits per heavy atom. The lowest BCUT2D eigenvalue weighted by Crippen LogP contribution is -2.53. The Bertz CT molecular complexity index is 502. The van der Waals surface area contributed by atoms with Crippen LogP contribution in [-0.4, -0.2) is 48.4 Å². The van der Waals surface area contributed by atoms with E-state index in [1.165, 1.54) is 37.8 Å². The van der Waals surface area contributed by atoms with E-state index in [-0.39, 0.29) is 5.41 Å². The summed E-state index contributed by atoms with van der Waals surface area (Å²) in [5.41, 5.74) is 0.880. The van der Waals surface area contributed by atoms with Gasteiger partial charge in [-0.25, -0.2) is 0 Å². The van der Waals surface area contributed by atoms with Gasteiger partial charge in [-0.1, -0.05) is 56.5 Å². The Labute approximate surface area is 154 Å². The smallest absolute Gasteiger partial charge is 0.233 e. The minimum absolute atomic E-state index is 0.326. The highest BCUT2D eigenvalue weighted by Gasteiger charge is 2.44. The topological polar surface area (TPSA) is 23.6 Å². The molecular weight excluding hydrogens is 308 g/mol. The molecule has 0 atom stereocenters. The highest BCUT2D eigenvalue weighted by atomic mass is 16.2. The van der Waals surface area contributed by atoms with Gasteiger partial charge >= 0.3 is 0 Å². The van der Waals surface area contributed by atoms with Gasteiger partial charge in [0.25, 0.3) is 0 Å². The van der Waals surface area contributed by atoms with E-state index in [1.807, 2.05) is 11.0 Å². The van der Waals surface area contributed by atoms with Crippen molar-refractivity contribution in [2.45, 2.75) is 64.7 Å². The van der Waals surface area contributed by atoms with Crippen LogP contribution in [0.5, 0.6) is 0 Å². The number of amides is 1. The lowest BCUT2D eigenvalue weighted by atomic mass is 9.71. The van der Waals surface area contributed by atoms with E-state index >= 15 is 0 Å². The van der Waals surface area contributed by atoms with Crippen molar-refractivity contribution in [3.05, 3.63) is 35.9 Å². The first-order valence-corrected chi connectivity index (χ1v) is 10.2. The molecular formula is C22H36N2O. The number of hydrogen-bond acceptors (Lipinski definition) is 2. The molecule has 2 rings (SSSR count). The number of piperidine rings is 1. The Kier molecular flexibility index (Phi) is 7.95. The van der Waals surface area contributed by atoms with Crippen LogP contribution in [-0.2, 0) is 10.2 Å². The summed E-state index contributed by atoms with van der Waals surface area (Å²) in [7, 11) is 0. The van der Waals surface area contributed by atoms with Crippen LogP contribution in [0.3, 0.4) is 0 Å². The van der Waals surface area contributed by atoms with Gasteiger partial charge in [-0.05, 0) is 58.3 Å². The number of carbonyl (C=O) groups excluding carboxylic acids is 1. The maximum atomic E-state index is 13.4. The molecule has 25 heavy (non-hydrogen) atoms. The molecule has 1 heterocycles. The molecule has 1 fully saturated rings. The first-order valence-electron chi connectivity index (χ1n) is 10.2. The average Bonchev–Trinajstić information content (AvgIpc) is 2.67. The largest absolute Gasteiger partial charge is 0.342 e. The molecule has 0 aliphatic carbocycles. The molecule has 140 valence electrons. The van der Waals surface area contributed by atoms with Gasteiger partial charge in [0.1, 0.15) is 0 Å². The highest BCUT2D eigenvalue weighted by Crippen LogP contribution is 2.37. The summed E-state index contributed by atoms with van der Waals surface area (Å²) in [6, 6.07) is 10.5. The fraction of sp³-hybridized carbons (Fsp3) is 0.682. The van der Waals surface area contributed by atoms with Crippen molar-refractivity contribution in [1.82, 2.24) is 9.80 Å². The summed E-state index contributed by atoms with van der Waals surface area (Å²) in [6.45, 7) is 11.3. The summed E-state index contributed by atoms with van der Waals surface area (Å²) >= 11 is 0. The summed E-state index contributed by atoms with van der Waals surface area (Å²) in [4.78, 5) is 18.0. The van der Waals surface area contributed by atoms with Gasteiger partial charge < -0.3 is 9.80 Å². The van der Waals surface area contributed by atoms with E-state index in [1.54, 1.807) is 0 Å².